The third kappa shape index (κ3) is 4.92. The zero-order valence-electron chi connectivity index (χ0n) is 9.89. The van der Waals surface area contributed by atoms with Gasteiger partial charge in [-0.15, -0.1) is 0 Å². The highest BCUT2D eigenvalue weighted by Crippen LogP contribution is 2.05. The average molecular weight is 371 g/mol. The minimum atomic E-state index is -3.42. The molecular formula is C10H18IN3O2S. The Bertz CT molecular complexity index is 431. The van der Waals surface area contributed by atoms with Crippen LogP contribution in [0.25, 0.3) is 0 Å². The van der Waals surface area contributed by atoms with E-state index >= 15 is 0 Å². The lowest BCUT2D eigenvalue weighted by atomic mass is 10.3. The molecule has 0 aliphatic heterocycles. The summed E-state index contributed by atoms with van der Waals surface area (Å²) in [6.07, 6.45) is 6.14. The fourth-order valence-corrected chi connectivity index (χ4v) is 2.89. The van der Waals surface area contributed by atoms with Gasteiger partial charge in [-0.05, 0) is 24.2 Å². The van der Waals surface area contributed by atoms with Crippen molar-refractivity contribution in [2.75, 3.05) is 11.0 Å². The van der Waals surface area contributed by atoms with Crippen LogP contribution >= 0.6 is 22.6 Å². The first-order valence-corrected chi connectivity index (χ1v) is 8.68. The summed E-state index contributed by atoms with van der Waals surface area (Å²) >= 11 is 2.32. The number of nitrogens with zero attached hydrogens (tertiary/aromatic N) is 2. The lowest BCUT2D eigenvalue weighted by molar-refractivity contribution is 0.573. The van der Waals surface area contributed by atoms with Gasteiger partial charge in [-0.1, -0.05) is 29.0 Å². The van der Waals surface area contributed by atoms with Gasteiger partial charge in [0.25, 0.3) is 10.0 Å². The Morgan fingerprint density at radius 3 is 2.76 bits per heavy atom. The molecule has 0 saturated heterocycles. The maximum Gasteiger partial charge on any atom is 0.259 e. The molecule has 0 saturated carbocycles. The third-order valence-electron chi connectivity index (χ3n) is 2.35. The smallest absolute Gasteiger partial charge is 0.259 e. The molecular weight excluding hydrogens is 353 g/mol. The van der Waals surface area contributed by atoms with E-state index < -0.39 is 10.0 Å². The van der Waals surface area contributed by atoms with Crippen molar-refractivity contribution in [1.82, 2.24) is 14.3 Å². The molecule has 0 fully saturated rings. The largest absolute Gasteiger partial charge is 0.336 e. The summed E-state index contributed by atoms with van der Waals surface area (Å²) in [5, 5.41) is 0.105. The van der Waals surface area contributed by atoms with E-state index in [4.69, 9.17) is 0 Å². The molecule has 1 aromatic heterocycles. The number of unbranched alkanes of at least 4 members (excludes halogenated alkanes) is 2. The normalized spacial score (nSPS) is 11.9. The van der Waals surface area contributed by atoms with E-state index in [1.54, 1.807) is 10.8 Å². The van der Waals surface area contributed by atoms with Crippen molar-refractivity contribution in [3.8, 4) is 0 Å². The van der Waals surface area contributed by atoms with Gasteiger partial charge in [0.1, 0.15) is 0 Å². The summed E-state index contributed by atoms with van der Waals surface area (Å²) in [6.45, 7) is 3.14. The second kappa shape index (κ2) is 7.32. The topological polar surface area (TPSA) is 64.0 Å². The zero-order valence-corrected chi connectivity index (χ0v) is 12.9. The van der Waals surface area contributed by atoms with Gasteiger partial charge in [-0.3, -0.25) is 0 Å². The van der Waals surface area contributed by atoms with Crippen molar-refractivity contribution in [3.05, 3.63) is 12.5 Å². The molecule has 7 heteroatoms. The molecule has 17 heavy (non-hydrogen) atoms. The lowest BCUT2D eigenvalue weighted by Crippen LogP contribution is -2.25. The van der Waals surface area contributed by atoms with E-state index in [1.807, 2.05) is 6.92 Å². The zero-order chi connectivity index (χ0) is 12.7. The van der Waals surface area contributed by atoms with E-state index in [0.29, 0.717) is 6.54 Å². The highest BCUT2D eigenvalue weighted by molar-refractivity contribution is 14.1. The molecule has 0 unspecified atom stereocenters. The maximum absolute atomic E-state index is 11.8. The number of sulfonamides is 1. The van der Waals surface area contributed by atoms with Crippen molar-refractivity contribution in [1.29, 1.82) is 0 Å². The van der Waals surface area contributed by atoms with Gasteiger partial charge < -0.3 is 4.57 Å². The molecule has 0 radical (unpaired) electrons. The van der Waals surface area contributed by atoms with E-state index in [1.165, 1.54) is 6.33 Å². The Labute approximate surface area is 116 Å². The van der Waals surface area contributed by atoms with Gasteiger partial charge in [0.2, 0.25) is 0 Å². The number of aromatic nitrogens is 2. The van der Waals surface area contributed by atoms with Crippen molar-refractivity contribution in [2.24, 2.45) is 0 Å². The Kier molecular flexibility index (Phi) is 6.42. The molecule has 0 aliphatic carbocycles. The van der Waals surface area contributed by atoms with Gasteiger partial charge in [-0.2, -0.15) is 0 Å². The Balaban J connectivity index is 2.45. The minimum Gasteiger partial charge on any atom is -0.336 e. The maximum atomic E-state index is 11.8. The fourth-order valence-electron chi connectivity index (χ4n) is 1.33. The number of aryl methyl sites for hydroxylation is 1. The van der Waals surface area contributed by atoms with Gasteiger partial charge in [0.15, 0.2) is 5.03 Å². The second-order valence-corrected chi connectivity index (χ2v) is 6.48. The van der Waals surface area contributed by atoms with Crippen molar-refractivity contribution in [2.45, 2.75) is 37.8 Å². The first-order valence-electron chi connectivity index (χ1n) is 5.67. The van der Waals surface area contributed by atoms with E-state index in [-0.39, 0.29) is 5.03 Å². The molecule has 1 aromatic rings. The number of hydrogen-bond acceptors (Lipinski definition) is 3. The van der Waals surface area contributed by atoms with Crippen LogP contribution < -0.4 is 4.72 Å². The summed E-state index contributed by atoms with van der Waals surface area (Å²) in [7, 11) is -3.42. The number of halogens is 1. The van der Waals surface area contributed by atoms with Crippen LogP contribution in [0.2, 0.25) is 0 Å². The first-order chi connectivity index (χ1) is 8.10. The summed E-state index contributed by atoms with van der Waals surface area (Å²) in [5.74, 6) is 0. The van der Waals surface area contributed by atoms with Crippen molar-refractivity contribution in [3.63, 3.8) is 0 Å². The molecule has 5 nitrogen and oxygen atoms in total. The molecule has 0 bridgehead atoms. The highest BCUT2D eigenvalue weighted by Gasteiger charge is 2.15. The quantitative estimate of drug-likeness (QED) is 0.431. The number of nitrogens with one attached hydrogen (secondary N) is 1. The molecule has 1 rings (SSSR count). The number of alkyl halides is 1. The summed E-state index contributed by atoms with van der Waals surface area (Å²) in [5.41, 5.74) is 0. The number of hydrogen-bond donors (Lipinski definition) is 1. The van der Waals surface area contributed by atoms with Gasteiger partial charge >= 0.3 is 0 Å². The van der Waals surface area contributed by atoms with Crippen LogP contribution in [0.5, 0.6) is 0 Å². The molecule has 0 amide bonds. The average Bonchev–Trinajstić information content (AvgIpc) is 2.78. The van der Waals surface area contributed by atoms with Gasteiger partial charge in [-0.25, -0.2) is 18.1 Å². The standard InChI is InChI=1S/C10H18IN3O2S/c1-2-14-8-10(12-9-14)17(15,16)13-7-5-3-4-6-11/h8-9,13H,2-7H2,1H3. The van der Waals surface area contributed by atoms with E-state index in [9.17, 15) is 8.42 Å². The summed E-state index contributed by atoms with van der Waals surface area (Å²) in [6, 6.07) is 0. The van der Waals surface area contributed by atoms with Gasteiger partial charge in [0, 0.05) is 19.3 Å². The van der Waals surface area contributed by atoms with Crippen LogP contribution in [0.1, 0.15) is 26.2 Å². The Hall–Kier alpha value is -0.150. The molecule has 0 spiro atoms. The van der Waals surface area contributed by atoms with E-state index in [0.717, 1.165) is 30.2 Å². The van der Waals surface area contributed by atoms with Crippen LogP contribution in [-0.2, 0) is 16.6 Å². The molecule has 0 aromatic carbocycles. The van der Waals surface area contributed by atoms with Crippen LogP contribution in [0.3, 0.4) is 0 Å². The summed E-state index contributed by atoms with van der Waals surface area (Å²) < 4.78 is 29.0. The first kappa shape index (κ1) is 14.9. The highest BCUT2D eigenvalue weighted by atomic mass is 127. The van der Waals surface area contributed by atoms with Crippen LogP contribution in [0.15, 0.2) is 17.6 Å². The molecule has 98 valence electrons. The van der Waals surface area contributed by atoms with Crippen LogP contribution in [-0.4, -0.2) is 28.9 Å². The van der Waals surface area contributed by atoms with Crippen LogP contribution in [0.4, 0.5) is 0 Å². The number of rotatable bonds is 8. The molecule has 1 N–H and O–H groups in total. The summed E-state index contributed by atoms with van der Waals surface area (Å²) in [4.78, 5) is 3.89. The molecule has 1 heterocycles. The number of imidazole rings is 1. The minimum absolute atomic E-state index is 0.105. The van der Waals surface area contributed by atoms with Crippen molar-refractivity contribution < 1.29 is 8.42 Å². The molecule has 0 atom stereocenters. The second-order valence-electron chi connectivity index (χ2n) is 3.69. The van der Waals surface area contributed by atoms with Crippen LogP contribution in [0, 0.1) is 0 Å². The SMILES string of the molecule is CCn1cnc(S(=O)(=O)NCCCCCI)c1. The predicted octanol–water partition coefficient (Wildman–Crippen LogP) is 1.79. The van der Waals surface area contributed by atoms with E-state index in [2.05, 4.69) is 32.3 Å². The Morgan fingerprint density at radius 2 is 2.18 bits per heavy atom. The van der Waals surface area contributed by atoms with Gasteiger partial charge in [0.05, 0.1) is 6.33 Å². The Morgan fingerprint density at radius 1 is 1.41 bits per heavy atom. The monoisotopic (exact) mass is 371 g/mol. The fraction of sp³-hybridized carbons (Fsp3) is 0.700. The lowest BCUT2D eigenvalue weighted by Gasteiger charge is -2.03. The third-order valence-corrected chi connectivity index (χ3v) is 4.46. The van der Waals surface area contributed by atoms with Crippen molar-refractivity contribution >= 4 is 32.6 Å². The predicted molar refractivity (Wildman–Crippen MR) is 75.8 cm³/mol. The molecule has 0 aliphatic rings.